The third kappa shape index (κ3) is 3.25. The molecule has 0 aromatic carbocycles. The highest BCUT2D eigenvalue weighted by Crippen LogP contribution is 2.37. The highest BCUT2D eigenvalue weighted by atomic mass is 16.4. The number of carbonyl (C=O) groups is 1. The zero-order valence-electron chi connectivity index (χ0n) is 11.9. The molecule has 4 heteroatoms. The van der Waals surface area contributed by atoms with E-state index in [1.54, 1.807) is 12.3 Å². The van der Waals surface area contributed by atoms with Crippen LogP contribution in [0, 0.1) is 5.41 Å². The van der Waals surface area contributed by atoms with Gasteiger partial charge >= 0.3 is 5.97 Å². The van der Waals surface area contributed by atoms with Crippen molar-refractivity contribution in [1.82, 2.24) is 4.98 Å². The van der Waals surface area contributed by atoms with Gasteiger partial charge in [0, 0.05) is 19.3 Å². The lowest BCUT2D eigenvalue weighted by atomic mass is 9.75. The Labute approximate surface area is 114 Å². The molecular weight excluding hydrogens is 240 g/mol. The normalized spacial score (nSPS) is 19.1. The highest BCUT2D eigenvalue weighted by molar-refractivity contribution is 5.88. The second-order valence-electron chi connectivity index (χ2n) is 6.21. The molecule has 104 valence electrons. The molecule has 1 heterocycles. The predicted octanol–water partition coefficient (Wildman–Crippen LogP) is 3.18. The molecule has 1 fully saturated rings. The van der Waals surface area contributed by atoms with E-state index in [-0.39, 0.29) is 0 Å². The summed E-state index contributed by atoms with van der Waals surface area (Å²) in [5, 5.41) is 9.02. The second kappa shape index (κ2) is 5.19. The number of carboxylic acids is 1. The maximum atomic E-state index is 11.0. The van der Waals surface area contributed by atoms with Crippen molar-refractivity contribution in [2.75, 3.05) is 11.9 Å². The number of nitrogens with zero attached hydrogens (tertiary/aromatic N) is 2. The zero-order valence-corrected chi connectivity index (χ0v) is 11.9. The van der Waals surface area contributed by atoms with Crippen LogP contribution in [-0.2, 0) is 0 Å². The first kappa shape index (κ1) is 13.8. The van der Waals surface area contributed by atoms with Crippen LogP contribution in [0.25, 0.3) is 0 Å². The number of anilines is 1. The van der Waals surface area contributed by atoms with E-state index < -0.39 is 5.97 Å². The Morgan fingerprint density at radius 3 is 2.63 bits per heavy atom. The number of carboxylic acid groups (broad SMARTS) is 1. The molecule has 4 nitrogen and oxygen atoms in total. The second-order valence-corrected chi connectivity index (χ2v) is 6.21. The van der Waals surface area contributed by atoms with Crippen molar-refractivity contribution < 1.29 is 9.90 Å². The Morgan fingerprint density at radius 1 is 1.42 bits per heavy atom. The van der Waals surface area contributed by atoms with Gasteiger partial charge < -0.3 is 10.0 Å². The molecule has 19 heavy (non-hydrogen) atoms. The first-order valence-electron chi connectivity index (χ1n) is 6.81. The molecule has 2 rings (SSSR count). The number of rotatable bonds is 3. The van der Waals surface area contributed by atoms with Crippen LogP contribution in [0.2, 0.25) is 0 Å². The van der Waals surface area contributed by atoms with Crippen LogP contribution >= 0.6 is 0 Å². The van der Waals surface area contributed by atoms with Gasteiger partial charge in [-0.2, -0.15) is 0 Å². The molecule has 0 bridgehead atoms. The van der Waals surface area contributed by atoms with Gasteiger partial charge in [-0.1, -0.05) is 13.8 Å². The van der Waals surface area contributed by atoms with Crippen molar-refractivity contribution in [1.29, 1.82) is 0 Å². The summed E-state index contributed by atoms with van der Waals surface area (Å²) in [7, 11) is 2.01. The average molecular weight is 262 g/mol. The fourth-order valence-corrected chi connectivity index (χ4v) is 2.70. The van der Waals surface area contributed by atoms with E-state index in [1.807, 2.05) is 7.05 Å². The van der Waals surface area contributed by atoms with Crippen molar-refractivity contribution in [3.63, 3.8) is 0 Å². The van der Waals surface area contributed by atoms with Gasteiger partial charge in [-0.05, 0) is 43.2 Å². The summed E-state index contributed by atoms with van der Waals surface area (Å²) in [5.41, 5.74) is 0.737. The van der Waals surface area contributed by atoms with E-state index in [9.17, 15) is 4.79 Å². The summed E-state index contributed by atoms with van der Waals surface area (Å²) in [4.78, 5) is 17.4. The fourth-order valence-electron chi connectivity index (χ4n) is 2.70. The molecule has 0 amide bonds. The minimum absolute atomic E-state index is 0.299. The Balaban J connectivity index is 2.10. The molecule has 0 unspecified atom stereocenters. The quantitative estimate of drug-likeness (QED) is 0.909. The number of aromatic carboxylic acids is 1. The van der Waals surface area contributed by atoms with Crippen LogP contribution in [0.1, 0.15) is 49.9 Å². The monoisotopic (exact) mass is 262 g/mol. The lowest BCUT2D eigenvalue weighted by Gasteiger charge is -2.39. The van der Waals surface area contributed by atoms with Crippen LogP contribution in [-0.4, -0.2) is 29.1 Å². The van der Waals surface area contributed by atoms with Gasteiger partial charge in [0.2, 0.25) is 0 Å². The molecule has 0 saturated heterocycles. The molecular formula is C15H22N2O2. The Hall–Kier alpha value is -1.58. The summed E-state index contributed by atoms with van der Waals surface area (Å²) >= 11 is 0. The maximum Gasteiger partial charge on any atom is 0.335 e. The van der Waals surface area contributed by atoms with Crippen molar-refractivity contribution in [3.8, 4) is 0 Å². The van der Waals surface area contributed by atoms with E-state index in [0.29, 0.717) is 17.0 Å². The first-order chi connectivity index (χ1) is 8.89. The van der Waals surface area contributed by atoms with Gasteiger partial charge in [-0.25, -0.2) is 9.78 Å². The molecule has 1 saturated carbocycles. The smallest absolute Gasteiger partial charge is 0.335 e. The molecule has 0 spiro atoms. The standard InChI is InChI=1S/C15H22N2O2/c1-15(2)7-4-12(5-8-15)17(3)13-10-11(14(18)19)6-9-16-13/h6,9-10,12H,4-5,7-8H2,1-3H3,(H,18,19). The average Bonchev–Trinajstić information content (AvgIpc) is 2.38. The number of aromatic nitrogens is 1. The molecule has 1 aliphatic rings. The van der Waals surface area contributed by atoms with Gasteiger partial charge in [-0.15, -0.1) is 0 Å². The van der Waals surface area contributed by atoms with E-state index >= 15 is 0 Å². The van der Waals surface area contributed by atoms with E-state index in [0.717, 1.165) is 18.7 Å². The minimum atomic E-state index is -0.901. The van der Waals surface area contributed by atoms with Crippen LogP contribution < -0.4 is 4.90 Å². The topological polar surface area (TPSA) is 53.4 Å². The predicted molar refractivity (Wildman–Crippen MR) is 75.6 cm³/mol. The lowest BCUT2D eigenvalue weighted by molar-refractivity contribution is 0.0697. The lowest BCUT2D eigenvalue weighted by Crippen LogP contribution is -2.37. The molecule has 1 aromatic rings. The number of pyridine rings is 1. The van der Waals surface area contributed by atoms with Gasteiger partial charge in [0.25, 0.3) is 0 Å². The van der Waals surface area contributed by atoms with Crippen LogP contribution in [0.5, 0.6) is 0 Å². The van der Waals surface area contributed by atoms with E-state index in [2.05, 4.69) is 23.7 Å². The number of hydrogen-bond donors (Lipinski definition) is 1. The van der Waals surface area contributed by atoms with Crippen molar-refractivity contribution >= 4 is 11.8 Å². The summed E-state index contributed by atoms with van der Waals surface area (Å²) in [6.07, 6.45) is 6.27. The molecule has 1 aromatic heterocycles. The largest absolute Gasteiger partial charge is 0.478 e. The molecule has 1 N–H and O–H groups in total. The molecule has 0 atom stereocenters. The van der Waals surface area contributed by atoms with Crippen LogP contribution in [0.4, 0.5) is 5.82 Å². The van der Waals surface area contributed by atoms with E-state index in [1.165, 1.54) is 18.9 Å². The third-order valence-electron chi connectivity index (χ3n) is 4.21. The van der Waals surface area contributed by atoms with Gasteiger partial charge in [0.15, 0.2) is 0 Å². The molecule has 1 aliphatic carbocycles. The summed E-state index contributed by atoms with van der Waals surface area (Å²) in [6, 6.07) is 3.65. The van der Waals surface area contributed by atoms with Crippen molar-refractivity contribution in [3.05, 3.63) is 23.9 Å². The Bertz CT molecular complexity index is 461. The SMILES string of the molecule is CN(c1cc(C(=O)O)ccn1)C1CCC(C)(C)CC1. The van der Waals surface area contributed by atoms with Gasteiger partial charge in [0.1, 0.15) is 5.82 Å². The minimum Gasteiger partial charge on any atom is -0.478 e. The fraction of sp³-hybridized carbons (Fsp3) is 0.600. The Kier molecular flexibility index (Phi) is 3.78. The summed E-state index contributed by atoms with van der Waals surface area (Å²) in [5.74, 6) is -0.147. The Morgan fingerprint density at radius 2 is 2.05 bits per heavy atom. The highest BCUT2D eigenvalue weighted by Gasteiger charge is 2.29. The number of hydrogen-bond acceptors (Lipinski definition) is 3. The molecule has 0 radical (unpaired) electrons. The van der Waals surface area contributed by atoms with Crippen molar-refractivity contribution in [2.24, 2.45) is 5.41 Å². The van der Waals surface area contributed by atoms with Crippen LogP contribution in [0.3, 0.4) is 0 Å². The summed E-state index contributed by atoms with van der Waals surface area (Å²) in [6.45, 7) is 4.62. The van der Waals surface area contributed by atoms with Crippen molar-refractivity contribution in [2.45, 2.75) is 45.6 Å². The maximum absolute atomic E-state index is 11.0. The zero-order chi connectivity index (χ0) is 14.0. The van der Waals surface area contributed by atoms with E-state index in [4.69, 9.17) is 5.11 Å². The van der Waals surface area contributed by atoms with Gasteiger partial charge in [0.05, 0.1) is 5.56 Å². The van der Waals surface area contributed by atoms with Gasteiger partial charge in [-0.3, -0.25) is 0 Å². The summed E-state index contributed by atoms with van der Waals surface area (Å²) < 4.78 is 0. The first-order valence-corrected chi connectivity index (χ1v) is 6.81. The third-order valence-corrected chi connectivity index (χ3v) is 4.21. The molecule has 0 aliphatic heterocycles. The van der Waals surface area contributed by atoms with Crippen LogP contribution in [0.15, 0.2) is 18.3 Å².